The van der Waals surface area contributed by atoms with E-state index in [0.717, 1.165) is 34.5 Å². The molecule has 1 heterocycles. The SMILES string of the molecule is Cc1c(Cl)cccc1-c1cc(NCCc2ccc(NC(=O)NC(C)C)cc2)nc(N)n1. The van der Waals surface area contributed by atoms with Gasteiger partial charge in [0.05, 0.1) is 5.69 Å². The third kappa shape index (κ3) is 6.33. The van der Waals surface area contributed by atoms with Crippen molar-refractivity contribution in [1.82, 2.24) is 15.3 Å². The van der Waals surface area contributed by atoms with Crippen LogP contribution in [0.2, 0.25) is 5.02 Å². The minimum Gasteiger partial charge on any atom is -0.370 e. The van der Waals surface area contributed by atoms with Crippen LogP contribution in [0.15, 0.2) is 48.5 Å². The van der Waals surface area contributed by atoms with Crippen LogP contribution < -0.4 is 21.7 Å². The predicted molar refractivity (Wildman–Crippen MR) is 128 cm³/mol. The topological polar surface area (TPSA) is 105 Å². The first kappa shape index (κ1) is 22.4. The summed E-state index contributed by atoms with van der Waals surface area (Å²) < 4.78 is 0. The Kier molecular flexibility index (Phi) is 7.31. The minimum absolute atomic E-state index is 0.0875. The zero-order valence-electron chi connectivity index (χ0n) is 17.9. The smallest absolute Gasteiger partial charge is 0.319 e. The molecule has 2 amide bonds. The van der Waals surface area contributed by atoms with Gasteiger partial charge in [-0.1, -0.05) is 35.9 Å². The maximum Gasteiger partial charge on any atom is 0.319 e. The molecule has 0 atom stereocenters. The van der Waals surface area contributed by atoms with Crippen molar-refractivity contribution in [1.29, 1.82) is 0 Å². The van der Waals surface area contributed by atoms with E-state index in [1.165, 1.54) is 0 Å². The lowest BCUT2D eigenvalue weighted by molar-refractivity contribution is 0.250. The van der Waals surface area contributed by atoms with Gasteiger partial charge in [0.1, 0.15) is 5.82 Å². The highest BCUT2D eigenvalue weighted by Crippen LogP contribution is 2.28. The van der Waals surface area contributed by atoms with Crippen LogP contribution in [0.1, 0.15) is 25.0 Å². The van der Waals surface area contributed by atoms with Crippen molar-refractivity contribution in [2.75, 3.05) is 22.9 Å². The van der Waals surface area contributed by atoms with Crippen molar-refractivity contribution >= 4 is 35.1 Å². The molecule has 5 N–H and O–H groups in total. The lowest BCUT2D eigenvalue weighted by atomic mass is 10.1. The van der Waals surface area contributed by atoms with Crippen molar-refractivity contribution in [2.24, 2.45) is 0 Å². The molecule has 31 heavy (non-hydrogen) atoms. The number of urea groups is 1. The van der Waals surface area contributed by atoms with Crippen LogP contribution in [0.3, 0.4) is 0 Å². The number of anilines is 3. The van der Waals surface area contributed by atoms with E-state index < -0.39 is 0 Å². The van der Waals surface area contributed by atoms with Gasteiger partial charge in [-0.05, 0) is 56.5 Å². The summed E-state index contributed by atoms with van der Waals surface area (Å²) >= 11 is 6.24. The van der Waals surface area contributed by atoms with E-state index in [9.17, 15) is 4.79 Å². The molecule has 0 aliphatic heterocycles. The highest BCUT2D eigenvalue weighted by Gasteiger charge is 2.09. The van der Waals surface area contributed by atoms with Gasteiger partial charge in [0.2, 0.25) is 5.95 Å². The zero-order chi connectivity index (χ0) is 22.4. The molecule has 0 unspecified atom stereocenters. The molecule has 3 aromatic rings. The summed E-state index contributed by atoms with van der Waals surface area (Å²) in [6, 6.07) is 15.2. The van der Waals surface area contributed by atoms with Gasteiger partial charge in [-0.3, -0.25) is 0 Å². The standard InChI is InChI=1S/C23H27ClN6O/c1-14(2)27-23(31)28-17-9-7-16(8-10-17)11-12-26-21-13-20(29-22(25)30-21)18-5-4-6-19(24)15(18)3/h4-10,13-14H,11-12H2,1-3H3,(H2,27,28,31)(H3,25,26,29,30). The Balaban J connectivity index is 1.60. The molecule has 0 fully saturated rings. The van der Waals surface area contributed by atoms with Gasteiger partial charge in [0, 0.05) is 34.9 Å². The average Bonchev–Trinajstić information content (AvgIpc) is 2.70. The van der Waals surface area contributed by atoms with Gasteiger partial charge in [0.15, 0.2) is 0 Å². The number of carbonyl (C=O) groups is 1. The Morgan fingerprint density at radius 3 is 2.58 bits per heavy atom. The first-order chi connectivity index (χ1) is 14.8. The molecular weight excluding hydrogens is 412 g/mol. The van der Waals surface area contributed by atoms with Gasteiger partial charge >= 0.3 is 6.03 Å². The van der Waals surface area contributed by atoms with E-state index in [0.29, 0.717) is 17.4 Å². The molecule has 0 aliphatic rings. The molecule has 8 heteroatoms. The number of hydrogen-bond donors (Lipinski definition) is 4. The number of nitrogens with one attached hydrogen (secondary N) is 3. The zero-order valence-corrected chi connectivity index (χ0v) is 18.6. The third-order valence-corrected chi connectivity index (χ3v) is 5.05. The second kappa shape index (κ2) is 10.1. The van der Waals surface area contributed by atoms with Crippen LogP contribution in [-0.4, -0.2) is 28.6 Å². The molecule has 162 valence electrons. The molecule has 1 aromatic heterocycles. The quantitative estimate of drug-likeness (QED) is 0.421. The molecule has 2 aromatic carbocycles. The van der Waals surface area contributed by atoms with Crippen LogP contribution in [0, 0.1) is 6.92 Å². The predicted octanol–water partition coefficient (Wildman–Crippen LogP) is 4.87. The van der Waals surface area contributed by atoms with Crippen molar-refractivity contribution in [2.45, 2.75) is 33.2 Å². The second-order valence-corrected chi connectivity index (χ2v) is 7.94. The maximum absolute atomic E-state index is 11.8. The summed E-state index contributed by atoms with van der Waals surface area (Å²) in [7, 11) is 0. The van der Waals surface area contributed by atoms with Crippen LogP contribution >= 0.6 is 11.6 Å². The lowest BCUT2D eigenvalue weighted by Crippen LogP contribution is -2.34. The molecule has 7 nitrogen and oxygen atoms in total. The summed E-state index contributed by atoms with van der Waals surface area (Å²) in [6.07, 6.45) is 0.786. The van der Waals surface area contributed by atoms with E-state index >= 15 is 0 Å². The van der Waals surface area contributed by atoms with Crippen LogP contribution in [0.5, 0.6) is 0 Å². The number of nitrogens with zero attached hydrogens (tertiary/aromatic N) is 2. The fourth-order valence-electron chi connectivity index (χ4n) is 3.10. The Morgan fingerprint density at radius 2 is 1.87 bits per heavy atom. The number of halogens is 1. The monoisotopic (exact) mass is 438 g/mol. The van der Waals surface area contributed by atoms with Crippen molar-refractivity contribution in [3.05, 3.63) is 64.7 Å². The number of carbonyl (C=O) groups excluding carboxylic acids is 1. The van der Waals surface area contributed by atoms with E-state index in [1.807, 2.05) is 69.3 Å². The number of benzene rings is 2. The second-order valence-electron chi connectivity index (χ2n) is 7.54. The number of hydrogen-bond acceptors (Lipinski definition) is 5. The summed E-state index contributed by atoms with van der Waals surface area (Å²) in [4.78, 5) is 20.4. The molecule has 3 rings (SSSR count). The van der Waals surface area contributed by atoms with Crippen molar-refractivity contribution in [3.63, 3.8) is 0 Å². The van der Waals surface area contributed by atoms with E-state index in [4.69, 9.17) is 17.3 Å². The number of aromatic nitrogens is 2. The molecule has 0 saturated carbocycles. The normalized spacial score (nSPS) is 10.7. The lowest BCUT2D eigenvalue weighted by Gasteiger charge is -2.12. The Bertz CT molecular complexity index is 1050. The molecule has 0 radical (unpaired) electrons. The first-order valence-electron chi connectivity index (χ1n) is 10.1. The summed E-state index contributed by atoms with van der Waals surface area (Å²) in [5.41, 5.74) is 10.4. The Labute approximate surface area is 187 Å². The first-order valence-corrected chi connectivity index (χ1v) is 10.5. The van der Waals surface area contributed by atoms with Crippen LogP contribution in [0.25, 0.3) is 11.3 Å². The van der Waals surface area contributed by atoms with E-state index in [-0.39, 0.29) is 18.0 Å². The average molecular weight is 439 g/mol. The Morgan fingerprint density at radius 1 is 1.13 bits per heavy atom. The molecular formula is C23H27ClN6O. The van der Waals surface area contributed by atoms with Crippen molar-refractivity contribution in [3.8, 4) is 11.3 Å². The summed E-state index contributed by atoms with van der Waals surface area (Å²) in [5, 5.41) is 9.60. The molecule has 0 bridgehead atoms. The highest BCUT2D eigenvalue weighted by molar-refractivity contribution is 6.31. The van der Waals surface area contributed by atoms with E-state index in [2.05, 4.69) is 25.9 Å². The summed E-state index contributed by atoms with van der Waals surface area (Å²) in [5.74, 6) is 0.861. The van der Waals surface area contributed by atoms with Gasteiger partial charge in [-0.15, -0.1) is 0 Å². The maximum atomic E-state index is 11.8. The fourth-order valence-corrected chi connectivity index (χ4v) is 3.27. The van der Waals surface area contributed by atoms with Gasteiger partial charge < -0.3 is 21.7 Å². The largest absolute Gasteiger partial charge is 0.370 e. The molecule has 0 aliphatic carbocycles. The van der Waals surface area contributed by atoms with Crippen molar-refractivity contribution < 1.29 is 4.79 Å². The minimum atomic E-state index is -0.212. The highest BCUT2D eigenvalue weighted by atomic mass is 35.5. The number of rotatable bonds is 7. The van der Waals surface area contributed by atoms with Crippen LogP contribution in [0.4, 0.5) is 22.2 Å². The Hall–Kier alpha value is -3.32. The van der Waals surface area contributed by atoms with Gasteiger partial charge in [-0.25, -0.2) is 9.78 Å². The number of nitrogens with two attached hydrogens (primary N) is 1. The van der Waals surface area contributed by atoms with Gasteiger partial charge in [-0.2, -0.15) is 4.98 Å². The van der Waals surface area contributed by atoms with Gasteiger partial charge in [0.25, 0.3) is 0 Å². The van der Waals surface area contributed by atoms with Crippen LogP contribution in [-0.2, 0) is 6.42 Å². The number of amides is 2. The molecule has 0 saturated heterocycles. The van der Waals surface area contributed by atoms with E-state index in [1.54, 1.807) is 0 Å². The fraction of sp³-hybridized carbons (Fsp3) is 0.261. The molecule has 0 spiro atoms. The summed E-state index contributed by atoms with van der Waals surface area (Å²) in [6.45, 7) is 6.46. The third-order valence-electron chi connectivity index (χ3n) is 4.64. The number of nitrogen functional groups attached to an aromatic ring is 1.